The van der Waals surface area contributed by atoms with E-state index in [-0.39, 0.29) is 25.1 Å². The van der Waals surface area contributed by atoms with E-state index in [1.807, 2.05) is 6.92 Å². The van der Waals surface area contributed by atoms with Crippen molar-refractivity contribution in [3.63, 3.8) is 0 Å². The van der Waals surface area contributed by atoms with Gasteiger partial charge in [-0.15, -0.1) is 0 Å². The number of anilines is 1. The Morgan fingerprint density at radius 1 is 1.04 bits per heavy atom. The largest absolute Gasteiger partial charge is 0.484 e. The van der Waals surface area contributed by atoms with Crippen molar-refractivity contribution in [1.82, 2.24) is 10.6 Å². The van der Waals surface area contributed by atoms with Gasteiger partial charge in [-0.25, -0.2) is 4.79 Å². The van der Waals surface area contributed by atoms with E-state index in [2.05, 4.69) is 16.0 Å². The molecule has 0 aliphatic carbocycles. The summed E-state index contributed by atoms with van der Waals surface area (Å²) >= 11 is 11.9. The number of amides is 3. The summed E-state index contributed by atoms with van der Waals surface area (Å²) in [4.78, 5) is 23.3. The number of rotatable bonds is 7. The number of benzene rings is 2. The Morgan fingerprint density at radius 3 is 2.42 bits per heavy atom. The summed E-state index contributed by atoms with van der Waals surface area (Å²) in [7, 11) is 0. The first-order valence-electron chi connectivity index (χ1n) is 7.96. The van der Waals surface area contributed by atoms with E-state index in [0.717, 1.165) is 5.56 Å². The number of hydrogen-bond acceptors (Lipinski definition) is 3. The van der Waals surface area contributed by atoms with Crippen LogP contribution < -0.4 is 20.7 Å². The van der Waals surface area contributed by atoms with Crippen LogP contribution in [0.3, 0.4) is 0 Å². The fourth-order valence-electron chi connectivity index (χ4n) is 2.05. The SMILES string of the molecule is CCNC(=O)COc1ccc(NC(=O)NCc2ccc(Cl)cc2Cl)cc1. The molecule has 0 fully saturated rings. The molecule has 0 saturated heterocycles. The molecule has 2 aromatic carbocycles. The molecule has 0 atom stereocenters. The topological polar surface area (TPSA) is 79.5 Å². The number of hydrogen-bond donors (Lipinski definition) is 3. The van der Waals surface area contributed by atoms with Gasteiger partial charge in [-0.2, -0.15) is 0 Å². The third-order valence-electron chi connectivity index (χ3n) is 3.31. The third-order valence-corrected chi connectivity index (χ3v) is 3.90. The second-order valence-corrected chi connectivity index (χ2v) is 6.15. The maximum atomic E-state index is 12.0. The number of urea groups is 1. The minimum Gasteiger partial charge on any atom is -0.484 e. The molecular weight excluding hydrogens is 377 g/mol. The number of ether oxygens (including phenoxy) is 1. The Kier molecular flexibility index (Phi) is 7.56. The normalized spacial score (nSPS) is 10.1. The Balaban J connectivity index is 1.80. The highest BCUT2D eigenvalue weighted by atomic mass is 35.5. The third kappa shape index (κ3) is 6.46. The van der Waals surface area contributed by atoms with Crippen LogP contribution >= 0.6 is 23.2 Å². The van der Waals surface area contributed by atoms with Crippen LogP contribution in [0.2, 0.25) is 10.0 Å². The van der Waals surface area contributed by atoms with Crippen molar-refractivity contribution in [1.29, 1.82) is 0 Å². The van der Waals surface area contributed by atoms with E-state index < -0.39 is 0 Å². The highest BCUT2D eigenvalue weighted by Crippen LogP contribution is 2.21. The number of halogens is 2. The average Bonchev–Trinajstić information content (AvgIpc) is 2.61. The zero-order valence-electron chi connectivity index (χ0n) is 14.1. The van der Waals surface area contributed by atoms with Gasteiger partial charge in [0.05, 0.1) is 0 Å². The molecular formula is C18H19Cl2N3O3. The fraction of sp³-hybridized carbons (Fsp3) is 0.222. The van der Waals surface area contributed by atoms with Crippen molar-refractivity contribution in [2.24, 2.45) is 0 Å². The lowest BCUT2D eigenvalue weighted by Gasteiger charge is -2.10. The van der Waals surface area contributed by atoms with Gasteiger partial charge in [0.2, 0.25) is 0 Å². The lowest BCUT2D eigenvalue weighted by molar-refractivity contribution is -0.122. The summed E-state index contributed by atoms with van der Waals surface area (Å²) in [5.74, 6) is 0.352. The molecule has 138 valence electrons. The number of nitrogens with one attached hydrogen (secondary N) is 3. The second kappa shape index (κ2) is 9.89. The molecule has 0 aliphatic rings. The smallest absolute Gasteiger partial charge is 0.319 e. The van der Waals surface area contributed by atoms with Gasteiger partial charge < -0.3 is 20.7 Å². The van der Waals surface area contributed by atoms with Gasteiger partial charge >= 0.3 is 6.03 Å². The molecule has 2 aromatic rings. The fourth-order valence-corrected chi connectivity index (χ4v) is 2.52. The van der Waals surface area contributed by atoms with Gasteiger partial charge in [-0.05, 0) is 48.9 Å². The molecule has 6 nitrogen and oxygen atoms in total. The summed E-state index contributed by atoms with van der Waals surface area (Å²) in [5.41, 5.74) is 1.36. The molecule has 0 radical (unpaired) electrons. The van der Waals surface area contributed by atoms with Crippen LogP contribution in [0.1, 0.15) is 12.5 Å². The van der Waals surface area contributed by atoms with Crippen LogP contribution in [0.4, 0.5) is 10.5 Å². The standard InChI is InChI=1S/C18H19Cl2N3O3/c1-2-21-17(24)11-26-15-7-5-14(6-8-15)23-18(25)22-10-12-3-4-13(19)9-16(12)20/h3-9H,2,10-11H2,1H3,(H,21,24)(H2,22,23,25). The second-order valence-electron chi connectivity index (χ2n) is 5.31. The van der Waals surface area contributed by atoms with E-state index in [0.29, 0.717) is 28.0 Å². The van der Waals surface area contributed by atoms with Crippen molar-refractivity contribution >= 4 is 40.8 Å². The molecule has 26 heavy (non-hydrogen) atoms. The predicted molar refractivity (Wildman–Crippen MR) is 103 cm³/mol. The summed E-state index contributed by atoms with van der Waals surface area (Å²) in [6.07, 6.45) is 0. The van der Waals surface area contributed by atoms with Gasteiger partial charge in [-0.3, -0.25) is 4.79 Å². The van der Waals surface area contributed by atoms with Gasteiger partial charge in [0.15, 0.2) is 6.61 Å². The number of carbonyl (C=O) groups is 2. The Morgan fingerprint density at radius 2 is 1.77 bits per heavy atom. The quantitative estimate of drug-likeness (QED) is 0.666. The van der Waals surface area contributed by atoms with E-state index in [1.165, 1.54) is 0 Å². The molecule has 8 heteroatoms. The Hall–Kier alpha value is -2.44. The highest BCUT2D eigenvalue weighted by Gasteiger charge is 2.06. The summed E-state index contributed by atoms with van der Waals surface area (Å²) in [5, 5.41) is 9.09. The maximum absolute atomic E-state index is 12.0. The minimum atomic E-state index is -0.369. The lowest BCUT2D eigenvalue weighted by atomic mass is 10.2. The monoisotopic (exact) mass is 395 g/mol. The van der Waals surface area contributed by atoms with E-state index >= 15 is 0 Å². The number of likely N-dealkylation sites (N-methyl/N-ethyl adjacent to an activating group) is 1. The van der Waals surface area contributed by atoms with Crippen molar-refractivity contribution in [2.75, 3.05) is 18.5 Å². The Labute approximate surface area is 161 Å². The molecule has 0 unspecified atom stereocenters. The first-order chi connectivity index (χ1) is 12.5. The molecule has 2 rings (SSSR count). The van der Waals surface area contributed by atoms with Gasteiger partial charge in [-0.1, -0.05) is 29.3 Å². The zero-order chi connectivity index (χ0) is 18.9. The first kappa shape index (κ1) is 19.9. The highest BCUT2D eigenvalue weighted by molar-refractivity contribution is 6.35. The predicted octanol–water partition coefficient (Wildman–Crippen LogP) is 3.83. The van der Waals surface area contributed by atoms with Crippen molar-refractivity contribution in [3.8, 4) is 5.75 Å². The van der Waals surface area contributed by atoms with Crippen molar-refractivity contribution in [2.45, 2.75) is 13.5 Å². The number of carbonyl (C=O) groups excluding carboxylic acids is 2. The molecule has 0 heterocycles. The van der Waals surface area contributed by atoms with Crippen LogP contribution in [0, 0.1) is 0 Å². The van der Waals surface area contributed by atoms with Gasteiger partial charge in [0.1, 0.15) is 5.75 Å². The summed E-state index contributed by atoms with van der Waals surface area (Å²) < 4.78 is 5.34. The van der Waals surface area contributed by atoms with E-state index in [4.69, 9.17) is 27.9 Å². The Bertz CT molecular complexity index is 767. The molecule has 3 amide bonds. The minimum absolute atomic E-state index is 0.0526. The molecule has 0 bridgehead atoms. The van der Waals surface area contributed by atoms with E-state index in [1.54, 1.807) is 42.5 Å². The maximum Gasteiger partial charge on any atom is 0.319 e. The van der Waals surface area contributed by atoms with E-state index in [9.17, 15) is 9.59 Å². The van der Waals surface area contributed by atoms with Crippen LogP contribution in [-0.2, 0) is 11.3 Å². The molecule has 3 N–H and O–H groups in total. The zero-order valence-corrected chi connectivity index (χ0v) is 15.7. The average molecular weight is 396 g/mol. The van der Waals surface area contributed by atoms with Crippen LogP contribution in [0.15, 0.2) is 42.5 Å². The van der Waals surface area contributed by atoms with Crippen molar-refractivity contribution < 1.29 is 14.3 Å². The molecule has 0 spiro atoms. The van der Waals surface area contributed by atoms with Crippen LogP contribution in [-0.4, -0.2) is 25.1 Å². The molecule has 0 saturated carbocycles. The summed E-state index contributed by atoms with van der Waals surface area (Å²) in [6.45, 7) is 2.62. The van der Waals surface area contributed by atoms with Crippen molar-refractivity contribution in [3.05, 3.63) is 58.1 Å². The molecule has 0 aromatic heterocycles. The van der Waals surface area contributed by atoms with Crippen LogP contribution in [0.25, 0.3) is 0 Å². The molecule has 0 aliphatic heterocycles. The van der Waals surface area contributed by atoms with Gasteiger partial charge in [0.25, 0.3) is 5.91 Å². The lowest BCUT2D eigenvalue weighted by Crippen LogP contribution is -2.28. The summed E-state index contributed by atoms with van der Waals surface area (Å²) in [6, 6.07) is 11.4. The van der Waals surface area contributed by atoms with Gasteiger partial charge in [0, 0.05) is 28.8 Å². The first-order valence-corrected chi connectivity index (χ1v) is 8.72. The van der Waals surface area contributed by atoms with Crippen LogP contribution in [0.5, 0.6) is 5.75 Å².